The maximum absolute atomic E-state index is 11.9. The standard InChI is InChI=1S/C11H15F3N2O3S/c1-16-20(17,18)10-4-3-8(7-9(10)15)19-6-2-5-11(12,13)14/h3-4,7,16H,2,5-6,15H2,1H3. The van der Waals surface area contributed by atoms with Gasteiger partial charge in [-0.05, 0) is 25.6 Å². The van der Waals surface area contributed by atoms with Gasteiger partial charge >= 0.3 is 6.18 Å². The van der Waals surface area contributed by atoms with Crippen LogP contribution in [0.1, 0.15) is 12.8 Å². The number of nitrogen functional groups attached to an aromatic ring is 1. The van der Waals surface area contributed by atoms with Crippen molar-refractivity contribution in [1.82, 2.24) is 4.72 Å². The molecule has 20 heavy (non-hydrogen) atoms. The first-order valence-corrected chi connectivity index (χ1v) is 7.16. The third-order valence-electron chi connectivity index (χ3n) is 2.41. The number of halogens is 3. The molecule has 0 saturated heterocycles. The number of benzene rings is 1. The highest BCUT2D eigenvalue weighted by atomic mass is 32.2. The minimum Gasteiger partial charge on any atom is -0.494 e. The molecule has 0 saturated carbocycles. The molecule has 0 heterocycles. The number of nitrogens with two attached hydrogens (primary N) is 1. The number of hydrogen-bond donors (Lipinski definition) is 2. The smallest absolute Gasteiger partial charge is 0.389 e. The Morgan fingerprint density at radius 1 is 1.35 bits per heavy atom. The molecule has 0 bridgehead atoms. The predicted octanol–water partition coefficient (Wildman–Crippen LogP) is 1.90. The van der Waals surface area contributed by atoms with Gasteiger partial charge in [-0.3, -0.25) is 0 Å². The fourth-order valence-corrected chi connectivity index (χ4v) is 2.27. The second-order valence-electron chi connectivity index (χ2n) is 3.97. The van der Waals surface area contributed by atoms with E-state index in [9.17, 15) is 21.6 Å². The maximum atomic E-state index is 11.9. The summed E-state index contributed by atoms with van der Waals surface area (Å²) in [6.45, 7) is -0.128. The van der Waals surface area contributed by atoms with E-state index in [4.69, 9.17) is 10.5 Å². The third-order valence-corrected chi connectivity index (χ3v) is 3.90. The van der Waals surface area contributed by atoms with Crippen molar-refractivity contribution in [3.8, 4) is 5.75 Å². The number of ether oxygens (including phenoxy) is 1. The molecule has 3 N–H and O–H groups in total. The fraction of sp³-hybridized carbons (Fsp3) is 0.455. The van der Waals surface area contributed by atoms with E-state index < -0.39 is 22.6 Å². The van der Waals surface area contributed by atoms with Crippen molar-refractivity contribution >= 4 is 15.7 Å². The van der Waals surface area contributed by atoms with Crippen molar-refractivity contribution < 1.29 is 26.3 Å². The Balaban J connectivity index is 2.65. The molecule has 0 aliphatic carbocycles. The van der Waals surface area contributed by atoms with E-state index >= 15 is 0 Å². The van der Waals surface area contributed by atoms with Crippen LogP contribution in [0.15, 0.2) is 23.1 Å². The second kappa shape index (κ2) is 6.31. The first-order valence-electron chi connectivity index (χ1n) is 5.68. The molecular formula is C11H15F3N2O3S. The van der Waals surface area contributed by atoms with Crippen LogP contribution in [0.3, 0.4) is 0 Å². The van der Waals surface area contributed by atoms with Crippen LogP contribution in [-0.4, -0.2) is 28.2 Å². The molecule has 0 aliphatic rings. The number of alkyl halides is 3. The lowest BCUT2D eigenvalue weighted by Gasteiger charge is -2.11. The molecule has 0 fully saturated rings. The van der Waals surface area contributed by atoms with Crippen LogP contribution in [0.5, 0.6) is 5.75 Å². The molecule has 0 radical (unpaired) electrons. The fourth-order valence-electron chi connectivity index (χ4n) is 1.43. The summed E-state index contributed by atoms with van der Waals surface area (Å²) in [5, 5.41) is 0. The van der Waals surface area contributed by atoms with Gasteiger partial charge in [-0.15, -0.1) is 0 Å². The summed E-state index contributed by atoms with van der Waals surface area (Å²) < 4.78 is 66.1. The van der Waals surface area contributed by atoms with Crippen LogP contribution >= 0.6 is 0 Å². The largest absolute Gasteiger partial charge is 0.494 e. The van der Waals surface area contributed by atoms with E-state index in [-0.39, 0.29) is 29.4 Å². The molecule has 0 aliphatic heterocycles. The summed E-state index contributed by atoms with van der Waals surface area (Å²) >= 11 is 0. The van der Waals surface area contributed by atoms with Crippen molar-refractivity contribution in [2.24, 2.45) is 0 Å². The second-order valence-corrected chi connectivity index (χ2v) is 5.83. The average Bonchev–Trinajstić information content (AvgIpc) is 2.33. The predicted molar refractivity (Wildman–Crippen MR) is 67.9 cm³/mol. The Kier molecular flexibility index (Phi) is 5.23. The van der Waals surface area contributed by atoms with Crippen molar-refractivity contribution in [2.75, 3.05) is 19.4 Å². The molecule has 5 nitrogen and oxygen atoms in total. The zero-order valence-corrected chi connectivity index (χ0v) is 11.5. The van der Waals surface area contributed by atoms with E-state index in [1.54, 1.807) is 0 Å². The van der Waals surface area contributed by atoms with Gasteiger partial charge in [0.05, 0.1) is 12.3 Å². The minimum atomic E-state index is -4.22. The molecule has 1 aromatic rings. The number of sulfonamides is 1. The highest BCUT2D eigenvalue weighted by Gasteiger charge is 2.26. The summed E-state index contributed by atoms with van der Waals surface area (Å²) in [5.41, 5.74) is 5.54. The van der Waals surface area contributed by atoms with Crippen LogP contribution in [0.2, 0.25) is 0 Å². The van der Waals surface area contributed by atoms with Gasteiger partial charge < -0.3 is 10.5 Å². The molecule has 1 rings (SSSR count). The maximum Gasteiger partial charge on any atom is 0.389 e. The summed E-state index contributed by atoms with van der Waals surface area (Å²) in [5.74, 6) is 0.222. The summed E-state index contributed by atoms with van der Waals surface area (Å²) in [4.78, 5) is -0.109. The lowest BCUT2D eigenvalue weighted by Crippen LogP contribution is -2.19. The summed E-state index contributed by atoms with van der Waals surface area (Å²) in [7, 11) is -2.42. The van der Waals surface area contributed by atoms with E-state index in [2.05, 4.69) is 4.72 Å². The number of rotatable bonds is 6. The van der Waals surface area contributed by atoms with Gasteiger partial charge in [0.25, 0.3) is 0 Å². The Morgan fingerprint density at radius 2 is 2.00 bits per heavy atom. The Bertz CT molecular complexity index is 559. The van der Waals surface area contributed by atoms with Gasteiger partial charge in [-0.2, -0.15) is 13.2 Å². The zero-order chi connectivity index (χ0) is 15.4. The SMILES string of the molecule is CNS(=O)(=O)c1ccc(OCCCC(F)(F)F)cc1N. The highest BCUT2D eigenvalue weighted by Crippen LogP contribution is 2.25. The topological polar surface area (TPSA) is 81.4 Å². The van der Waals surface area contributed by atoms with Crippen LogP contribution in [0, 0.1) is 0 Å². The first kappa shape index (κ1) is 16.6. The van der Waals surface area contributed by atoms with Crippen LogP contribution in [-0.2, 0) is 10.0 Å². The van der Waals surface area contributed by atoms with Crippen molar-refractivity contribution in [2.45, 2.75) is 23.9 Å². The number of hydrogen-bond acceptors (Lipinski definition) is 4. The van der Waals surface area contributed by atoms with Crippen molar-refractivity contribution in [3.63, 3.8) is 0 Å². The van der Waals surface area contributed by atoms with Gasteiger partial charge in [0.1, 0.15) is 10.6 Å². The van der Waals surface area contributed by atoms with Gasteiger partial charge in [0, 0.05) is 12.5 Å². The van der Waals surface area contributed by atoms with Crippen LogP contribution < -0.4 is 15.2 Å². The zero-order valence-electron chi connectivity index (χ0n) is 10.7. The number of nitrogens with one attached hydrogen (secondary N) is 1. The van der Waals surface area contributed by atoms with Crippen LogP contribution in [0.4, 0.5) is 18.9 Å². The van der Waals surface area contributed by atoms with Gasteiger partial charge in [0.15, 0.2) is 0 Å². The van der Waals surface area contributed by atoms with E-state index in [0.717, 1.165) is 0 Å². The monoisotopic (exact) mass is 312 g/mol. The van der Waals surface area contributed by atoms with Crippen LogP contribution in [0.25, 0.3) is 0 Å². The van der Waals surface area contributed by atoms with Gasteiger partial charge in [0.2, 0.25) is 10.0 Å². The van der Waals surface area contributed by atoms with E-state index in [1.165, 1.54) is 25.2 Å². The Morgan fingerprint density at radius 3 is 2.50 bits per heavy atom. The molecule has 114 valence electrons. The molecule has 0 spiro atoms. The van der Waals surface area contributed by atoms with E-state index in [0.29, 0.717) is 0 Å². The lowest BCUT2D eigenvalue weighted by molar-refractivity contribution is -0.136. The summed E-state index contributed by atoms with van der Waals surface area (Å²) in [6, 6.07) is 3.84. The third kappa shape index (κ3) is 4.89. The summed E-state index contributed by atoms with van der Waals surface area (Å²) in [6.07, 6.45) is -5.33. The van der Waals surface area contributed by atoms with E-state index in [1.807, 2.05) is 0 Å². The lowest BCUT2D eigenvalue weighted by atomic mass is 10.3. The normalized spacial score (nSPS) is 12.4. The Labute approximate surface area is 115 Å². The number of anilines is 1. The molecule has 0 atom stereocenters. The molecule has 0 amide bonds. The van der Waals surface area contributed by atoms with Crippen molar-refractivity contribution in [1.29, 1.82) is 0 Å². The quantitative estimate of drug-likeness (QED) is 0.621. The first-order chi connectivity index (χ1) is 9.15. The molecular weight excluding hydrogens is 297 g/mol. The van der Waals surface area contributed by atoms with Gasteiger partial charge in [-0.25, -0.2) is 13.1 Å². The molecule has 9 heteroatoms. The average molecular weight is 312 g/mol. The molecule has 1 aromatic carbocycles. The molecule has 0 unspecified atom stereocenters. The van der Waals surface area contributed by atoms with Gasteiger partial charge in [-0.1, -0.05) is 0 Å². The minimum absolute atomic E-state index is 0.0346. The van der Waals surface area contributed by atoms with Crippen molar-refractivity contribution in [3.05, 3.63) is 18.2 Å². The highest BCUT2D eigenvalue weighted by molar-refractivity contribution is 7.89. The molecule has 0 aromatic heterocycles. The Hall–Kier alpha value is -1.48.